The lowest BCUT2D eigenvalue weighted by atomic mass is 9.92. The van der Waals surface area contributed by atoms with Crippen molar-refractivity contribution in [2.75, 3.05) is 56.7 Å². The van der Waals surface area contributed by atoms with Gasteiger partial charge in [0.15, 0.2) is 0 Å². The van der Waals surface area contributed by atoms with Gasteiger partial charge in [0.05, 0.1) is 37.2 Å². The molecule has 2 saturated heterocycles. The number of pyridine rings is 2. The van der Waals surface area contributed by atoms with Crippen molar-refractivity contribution in [2.45, 2.75) is 64.5 Å². The predicted octanol–water partition coefficient (Wildman–Crippen LogP) is 5.60. The predicted molar refractivity (Wildman–Crippen MR) is 158 cm³/mol. The van der Waals surface area contributed by atoms with Crippen LogP contribution in [-0.2, 0) is 24.2 Å². The molecule has 6 rings (SSSR count). The van der Waals surface area contributed by atoms with Gasteiger partial charge < -0.3 is 24.6 Å². The number of hydrogen-bond acceptors (Lipinski definition) is 7. The average Bonchev–Trinajstić information content (AvgIpc) is 3.40. The summed E-state index contributed by atoms with van der Waals surface area (Å²) in [5.74, 6) is 1.24. The van der Waals surface area contributed by atoms with Crippen LogP contribution >= 0.6 is 0 Å². The van der Waals surface area contributed by atoms with Gasteiger partial charge in [-0.05, 0) is 81.2 Å². The van der Waals surface area contributed by atoms with E-state index in [1.54, 1.807) is 19.2 Å². The quantitative estimate of drug-likeness (QED) is 0.350. The van der Waals surface area contributed by atoms with E-state index in [1.807, 2.05) is 12.1 Å². The number of benzene rings is 1. The number of likely N-dealkylation sites (tertiary alicyclic amines) is 1. The number of ether oxygens (including phenoxy) is 2. The molecule has 2 aliphatic heterocycles. The number of rotatable bonds is 9. The van der Waals surface area contributed by atoms with Gasteiger partial charge in [-0.25, -0.2) is 9.37 Å². The normalized spacial score (nSPS) is 20.2. The van der Waals surface area contributed by atoms with Gasteiger partial charge >= 0.3 is 0 Å². The SMILES string of the molecule is COc1nc2c(NC3CCN(c4ccccc4F)CC3)c3c(nc2cc1COCCN1CCC(C)C1)CCCC3. The summed E-state index contributed by atoms with van der Waals surface area (Å²) in [7, 11) is 1.68. The van der Waals surface area contributed by atoms with Crippen molar-refractivity contribution >= 4 is 22.4 Å². The number of aryl methyl sites for hydroxylation is 1. The number of anilines is 2. The van der Waals surface area contributed by atoms with Crippen LogP contribution in [0, 0.1) is 11.7 Å². The van der Waals surface area contributed by atoms with E-state index in [-0.39, 0.29) is 5.82 Å². The molecule has 0 bridgehead atoms. The second-order valence-electron chi connectivity index (χ2n) is 11.7. The Morgan fingerprint density at radius 1 is 1.05 bits per heavy atom. The molecule has 7 nitrogen and oxygen atoms in total. The van der Waals surface area contributed by atoms with Gasteiger partial charge in [0.25, 0.3) is 0 Å². The summed E-state index contributed by atoms with van der Waals surface area (Å²) < 4.78 is 26.2. The smallest absolute Gasteiger partial charge is 0.219 e. The molecule has 40 heavy (non-hydrogen) atoms. The lowest BCUT2D eigenvalue weighted by molar-refractivity contribution is 0.0967. The summed E-state index contributed by atoms with van der Waals surface area (Å²) >= 11 is 0. The van der Waals surface area contributed by atoms with Gasteiger partial charge in [-0.15, -0.1) is 0 Å². The van der Waals surface area contributed by atoms with Crippen molar-refractivity contribution in [1.29, 1.82) is 0 Å². The highest BCUT2D eigenvalue weighted by Gasteiger charge is 2.26. The highest BCUT2D eigenvalue weighted by molar-refractivity contribution is 5.91. The number of halogens is 1. The van der Waals surface area contributed by atoms with Crippen molar-refractivity contribution in [3.8, 4) is 5.88 Å². The van der Waals surface area contributed by atoms with Crippen molar-refractivity contribution in [2.24, 2.45) is 5.92 Å². The number of fused-ring (bicyclic) bond motifs is 2. The highest BCUT2D eigenvalue weighted by atomic mass is 19.1. The molecule has 8 heteroatoms. The molecule has 1 N–H and O–H groups in total. The topological polar surface area (TPSA) is 62.8 Å². The van der Waals surface area contributed by atoms with E-state index in [1.165, 1.54) is 37.1 Å². The fourth-order valence-electron chi connectivity index (χ4n) is 6.58. The fraction of sp³-hybridized carbons (Fsp3) is 0.562. The zero-order valence-corrected chi connectivity index (χ0v) is 23.9. The minimum absolute atomic E-state index is 0.148. The summed E-state index contributed by atoms with van der Waals surface area (Å²) in [6, 6.07) is 9.48. The number of hydrogen-bond donors (Lipinski definition) is 1. The van der Waals surface area contributed by atoms with E-state index in [9.17, 15) is 4.39 Å². The third-order valence-electron chi connectivity index (χ3n) is 8.82. The Morgan fingerprint density at radius 2 is 1.88 bits per heavy atom. The molecule has 2 aromatic heterocycles. The maximum Gasteiger partial charge on any atom is 0.219 e. The Balaban J connectivity index is 1.20. The van der Waals surface area contributed by atoms with Crippen LogP contribution in [0.25, 0.3) is 11.0 Å². The largest absolute Gasteiger partial charge is 0.481 e. The molecule has 2 fully saturated rings. The molecule has 0 spiro atoms. The summed E-state index contributed by atoms with van der Waals surface area (Å²) in [5.41, 5.74) is 7.02. The van der Waals surface area contributed by atoms with Crippen LogP contribution in [0.1, 0.15) is 55.8 Å². The first-order chi connectivity index (χ1) is 19.6. The average molecular weight is 548 g/mol. The summed E-state index contributed by atoms with van der Waals surface area (Å²) in [6.45, 7) is 8.40. The van der Waals surface area contributed by atoms with E-state index in [0.717, 1.165) is 80.1 Å². The van der Waals surface area contributed by atoms with Crippen molar-refractivity contribution < 1.29 is 13.9 Å². The van der Waals surface area contributed by atoms with E-state index in [4.69, 9.17) is 19.4 Å². The van der Waals surface area contributed by atoms with Gasteiger partial charge in [-0.1, -0.05) is 19.1 Å². The van der Waals surface area contributed by atoms with Crippen LogP contribution in [0.5, 0.6) is 5.88 Å². The molecule has 4 heterocycles. The first-order valence-electron chi connectivity index (χ1n) is 15.0. The molecule has 3 aliphatic rings. The summed E-state index contributed by atoms with van der Waals surface area (Å²) in [4.78, 5) is 14.7. The zero-order valence-electron chi connectivity index (χ0n) is 23.9. The first-order valence-corrected chi connectivity index (χ1v) is 15.0. The van der Waals surface area contributed by atoms with Crippen molar-refractivity contribution in [3.63, 3.8) is 0 Å². The van der Waals surface area contributed by atoms with Crippen LogP contribution in [0.2, 0.25) is 0 Å². The van der Waals surface area contributed by atoms with E-state index >= 15 is 0 Å². The van der Waals surface area contributed by atoms with Crippen molar-refractivity contribution in [3.05, 3.63) is 53.0 Å². The monoisotopic (exact) mass is 547 g/mol. The molecule has 214 valence electrons. The number of methoxy groups -OCH3 is 1. The van der Waals surface area contributed by atoms with Gasteiger partial charge in [0.1, 0.15) is 11.3 Å². The number of piperidine rings is 1. The van der Waals surface area contributed by atoms with Gasteiger partial charge in [-0.2, -0.15) is 0 Å². The Morgan fingerprint density at radius 3 is 2.65 bits per heavy atom. The molecule has 1 unspecified atom stereocenters. The number of nitrogens with one attached hydrogen (secondary N) is 1. The van der Waals surface area contributed by atoms with E-state index in [0.29, 0.717) is 30.8 Å². The first kappa shape index (κ1) is 27.2. The number of aromatic nitrogens is 2. The third-order valence-corrected chi connectivity index (χ3v) is 8.82. The van der Waals surface area contributed by atoms with Gasteiger partial charge in [0.2, 0.25) is 5.88 Å². The maximum absolute atomic E-state index is 14.4. The van der Waals surface area contributed by atoms with Crippen LogP contribution in [0.3, 0.4) is 0 Å². The molecular weight excluding hydrogens is 505 g/mol. The molecule has 0 radical (unpaired) electrons. The lowest BCUT2D eigenvalue weighted by Gasteiger charge is -2.35. The lowest BCUT2D eigenvalue weighted by Crippen LogP contribution is -2.39. The Hall–Kier alpha value is -2.97. The second-order valence-corrected chi connectivity index (χ2v) is 11.7. The molecule has 0 saturated carbocycles. The summed E-state index contributed by atoms with van der Waals surface area (Å²) in [6.07, 6.45) is 7.49. The minimum Gasteiger partial charge on any atom is -0.481 e. The minimum atomic E-state index is -0.148. The molecule has 1 atom stereocenters. The van der Waals surface area contributed by atoms with Crippen LogP contribution in [-0.4, -0.2) is 67.4 Å². The second kappa shape index (κ2) is 12.3. The third kappa shape index (κ3) is 5.88. The molecule has 1 aromatic carbocycles. The Kier molecular flexibility index (Phi) is 8.35. The fourth-order valence-corrected chi connectivity index (χ4v) is 6.58. The summed E-state index contributed by atoms with van der Waals surface area (Å²) in [5, 5.41) is 3.88. The highest BCUT2D eigenvalue weighted by Crippen LogP contribution is 2.36. The molecule has 1 aliphatic carbocycles. The Bertz CT molecular complexity index is 1330. The number of nitrogens with zero attached hydrogens (tertiary/aromatic N) is 4. The van der Waals surface area contributed by atoms with Crippen LogP contribution in [0.4, 0.5) is 15.8 Å². The van der Waals surface area contributed by atoms with Crippen LogP contribution in [0.15, 0.2) is 30.3 Å². The standard InChI is InChI=1S/C32H42FN5O2/c1-22-11-14-37(20-22)17-18-40-21-23-19-28-31(36-32(23)39-2)30(25-7-3-5-9-27(25)35-28)34-24-12-15-38(16-13-24)29-10-6-4-8-26(29)33/h4,6,8,10,19,22,24H,3,5,7,9,11-18,20-21H2,1-2H3,(H,34,35). The molecular formula is C32H42FN5O2. The van der Waals surface area contributed by atoms with E-state index in [2.05, 4.69) is 28.1 Å². The van der Waals surface area contributed by atoms with E-state index < -0.39 is 0 Å². The van der Waals surface area contributed by atoms with Crippen molar-refractivity contribution in [1.82, 2.24) is 14.9 Å². The maximum atomic E-state index is 14.4. The Labute approximate surface area is 237 Å². The van der Waals surface area contributed by atoms with Crippen LogP contribution < -0.4 is 15.0 Å². The van der Waals surface area contributed by atoms with Gasteiger partial charge in [0, 0.05) is 43.5 Å². The molecule has 3 aromatic rings. The zero-order chi connectivity index (χ0) is 27.5. The molecule has 0 amide bonds. The number of para-hydroxylation sites is 1. The van der Waals surface area contributed by atoms with Gasteiger partial charge in [-0.3, -0.25) is 4.98 Å².